The summed E-state index contributed by atoms with van der Waals surface area (Å²) in [4.78, 5) is 8.43. The monoisotopic (exact) mass is 462 g/mol. The lowest BCUT2D eigenvalue weighted by Gasteiger charge is -2.48. The number of alkyl halides is 1. The van der Waals surface area contributed by atoms with Crippen LogP contribution in [0.5, 0.6) is 0 Å². The predicted octanol–water partition coefficient (Wildman–Crippen LogP) is 3.45. The Morgan fingerprint density at radius 3 is 2.25 bits per heavy atom. The van der Waals surface area contributed by atoms with Gasteiger partial charge in [-0.3, -0.25) is 4.98 Å². The average molecular weight is 463 g/mol. The van der Waals surface area contributed by atoms with E-state index in [4.69, 9.17) is 4.52 Å². The van der Waals surface area contributed by atoms with Crippen molar-refractivity contribution < 1.29 is 19.1 Å². The van der Waals surface area contributed by atoms with Gasteiger partial charge in [0.15, 0.2) is 11.3 Å². The lowest BCUT2D eigenvalue weighted by molar-refractivity contribution is -0.108. The minimum Gasteiger partial charge on any atom is -0.381 e. The van der Waals surface area contributed by atoms with Crippen LogP contribution in [0.15, 0.2) is 47.2 Å². The van der Waals surface area contributed by atoms with Gasteiger partial charge in [0.05, 0.1) is 0 Å². The largest absolute Gasteiger partial charge is 0.381 e. The number of rotatable bonds is 6. The summed E-state index contributed by atoms with van der Waals surface area (Å²) in [5, 5.41) is 28.7. The number of aliphatic hydroxyl groups is 2. The van der Waals surface area contributed by atoms with E-state index in [-0.39, 0.29) is 37.2 Å². The van der Waals surface area contributed by atoms with Crippen molar-refractivity contribution >= 4 is 12.4 Å². The molecular weight excluding hydrogens is 435 g/mol. The van der Waals surface area contributed by atoms with Gasteiger partial charge in [-0.1, -0.05) is 43.3 Å². The van der Waals surface area contributed by atoms with E-state index in [1.807, 2.05) is 12.1 Å². The summed E-state index contributed by atoms with van der Waals surface area (Å²) in [6, 6.07) is 8.96. The molecule has 0 radical (unpaired) electrons. The molecule has 172 valence electrons. The van der Waals surface area contributed by atoms with Crippen molar-refractivity contribution in [1.29, 1.82) is 0 Å². The normalized spacial score (nSPS) is 17.4. The first-order valence-corrected chi connectivity index (χ1v) is 10.3. The molecule has 1 atom stereocenters. The second kappa shape index (κ2) is 8.51. The van der Waals surface area contributed by atoms with Crippen molar-refractivity contribution in [2.75, 3.05) is 13.1 Å². The highest BCUT2D eigenvalue weighted by atomic mass is 35.5. The molecule has 1 aliphatic rings. The Morgan fingerprint density at radius 2 is 1.75 bits per heavy atom. The van der Waals surface area contributed by atoms with Crippen LogP contribution in [-0.2, 0) is 11.2 Å². The van der Waals surface area contributed by atoms with Gasteiger partial charge in [0.25, 0.3) is 5.89 Å². The first-order chi connectivity index (χ1) is 14.5. The first-order valence-electron chi connectivity index (χ1n) is 10.3. The molecule has 0 bridgehead atoms. The summed E-state index contributed by atoms with van der Waals surface area (Å²) in [6.45, 7) is 7.27. The SMILES string of the molecule is CC(C)c1ccc([C@](O)(c2cncc(-c3noc(C(C)(C)O)n3)c2)C2(F)CNC2)cc1.Cl. The van der Waals surface area contributed by atoms with Crippen LogP contribution in [0.2, 0.25) is 0 Å². The molecule has 1 aromatic carbocycles. The maximum atomic E-state index is 15.9. The smallest absolute Gasteiger partial charge is 0.258 e. The van der Waals surface area contributed by atoms with Gasteiger partial charge in [-0.05, 0) is 37.0 Å². The van der Waals surface area contributed by atoms with E-state index >= 15 is 4.39 Å². The molecule has 3 heterocycles. The molecule has 3 N–H and O–H groups in total. The van der Waals surface area contributed by atoms with Crippen molar-refractivity contribution in [3.63, 3.8) is 0 Å². The van der Waals surface area contributed by atoms with Crippen LogP contribution in [0.25, 0.3) is 11.4 Å². The Morgan fingerprint density at radius 1 is 1.09 bits per heavy atom. The van der Waals surface area contributed by atoms with Crippen LogP contribution >= 0.6 is 12.4 Å². The summed E-state index contributed by atoms with van der Waals surface area (Å²) >= 11 is 0. The maximum absolute atomic E-state index is 15.9. The molecule has 4 rings (SSSR count). The zero-order valence-corrected chi connectivity index (χ0v) is 19.3. The summed E-state index contributed by atoms with van der Waals surface area (Å²) in [6.07, 6.45) is 2.96. The number of nitrogens with one attached hydrogen (secondary N) is 1. The van der Waals surface area contributed by atoms with Crippen LogP contribution in [0, 0.1) is 0 Å². The van der Waals surface area contributed by atoms with E-state index in [0.717, 1.165) is 5.56 Å². The Bertz CT molecular complexity index is 1080. The molecular formula is C23H28ClFN4O3. The van der Waals surface area contributed by atoms with Gasteiger partial charge in [-0.15, -0.1) is 12.4 Å². The van der Waals surface area contributed by atoms with Crippen molar-refractivity contribution in [2.45, 2.75) is 50.5 Å². The molecule has 1 saturated heterocycles. The lowest BCUT2D eigenvalue weighted by Crippen LogP contribution is -2.68. The van der Waals surface area contributed by atoms with Crippen molar-refractivity contribution in [3.05, 3.63) is 65.3 Å². The summed E-state index contributed by atoms with van der Waals surface area (Å²) in [5.41, 5.74) is -2.82. The van der Waals surface area contributed by atoms with E-state index < -0.39 is 16.9 Å². The fourth-order valence-electron chi connectivity index (χ4n) is 3.74. The average Bonchev–Trinajstić information content (AvgIpc) is 3.22. The molecule has 2 aromatic heterocycles. The lowest BCUT2D eigenvalue weighted by atomic mass is 9.71. The number of pyridine rings is 1. The van der Waals surface area contributed by atoms with Gasteiger partial charge >= 0.3 is 0 Å². The molecule has 0 saturated carbocycles. The number of hydrogen-bond donors (Lipinski definition) is 3. The van der Waals surface area contributed by atoms with E-state index in [1.165, 1.54) is 26.2 Å². The molecule has 0 amide bonds. The fourth-order valence-corrected chi connectivity index (χ4v) is 3.74. The first kappa shape index (κ1) is 24.3. The molecule has 0 unspecified atom stereocenters. The van der Waals surface area contributed by atoms with Gasteiger partial charge in [0.1, 0.15) is 5.60 Å². The second-order valence-corrected chi connectivity index (χ2v) is 9.00. The Balaban J connectivity index is 0.00000289. The van der Waals surface area contributed by atoms with Crippen LogP contribution < -0.4 is 5.32 Å². The highest BCUT2D eigenvalue weighted by molar-refractivity contribution is 5.85. The maximum Gasteiger partial charge on any atom is 0.258 e. The molecule has 3 aromatic rings. The van der Waals surface area contributed by atoms with E-state index in [0.29, 0.717) is 22.6 Å². The van der Waals surface area contributed by atoms with E-state index in [1.54, 1.807) is 18.2 Å². The molecule has 1 aliphatic heterocycles. The Labute approximate surface area is 192 Å². The highest BCUT2D eigenvalue weighted by Gasteiger charge is 2.57. The minimum atomic E-state index is -1.92. The van der Waals surface area contributed by atoms with Crippen LogP contribution in [0.3, 0.4) is 0 Å². The van der Waals surface area contributed by atoms with Crippen LogP contribution in [0.4, 0.5) is 4.39 Å². The molecule has 0 aliphatic carbocycles. The topological polar surface area (TPSA) is 104 Å². The second-order valence-electron chi connectivity index (χ2n) is 9.00. The third-order valence-electron chi connectivity index (χ3n) is 5.82. The molecule has 0 spiro atoms. The summed E-state index contributed by atoms with van der Waals surface area (Å²) in [7, 11) is 0. The highest BCUT2D eigenvalue weighted by Crippen LogP contribution is 2.45. The van der Waals surface area contributed by atoms with Crippen LogP contribution in [0.1, 0.15) is 56.2 Å². The van der Waals surface area contributed by atoms with Crippen molar-refractivity contribution in [3.8, 4) is 11.4 Å². The zero-order chi connectivity index (χ0) is 22.4. The Hall–Kier alpha value is -2.39. The van der Waals surface area contributed by atoms with Crippen molar-refractivity contribution in [2.24, 2.45) is 0 Å². The Kier molecular flexibility index (Phi) is 6.45. The molecule has 32 heavy (non-hydrogen) atoms. The van der Waals surface area contributed by atoms with Gasteiger partial charge in [-0.2, -0.15) is 4.98 Å². The van der Waals surface area contributed by atoms with E-state index in [9.17, 15) is 10.2 Å². The zero-order valence-electron chi connectivity index (χ0n) is 18.5. The number of hydrogen-bond acceptors (Lipinski definition) is 7. The molecule has 9 heteroatoms. The quantitative estimate of drug-likeness (QED) is 0.515. The fraction of sp³-hybridized carbons (Fsp3) is 0.435. The van der Waals surface area contributed by atoms with Gasteiger partial charge in [0, 0.05) is 36.6 Å². The number of halogens is 2. The van der Waals surface area contributed by atoms with Gasteiger partial charge in [0.2, 0.25) is 5.82 Å². The van der Waals surface area contributed by atoms with Crippen molar-refractivity contribution in [1.82, 2.24) is 20.4 Å². The molecule has 1 fully saturated rings. The third-order valence-corrected chi connectivity index (χ3v) is 5.82. The third kappa shape index (κ3) is 4.03. The standard InChI is InChI=1S/C23H27FN4O3.ClH/c1-14(2)15-5-7-17(8-6-15)23(30,22(24)12-26-13-22)18-9-16(10-25-11-18)19-27-20(31-28-19)21(3,4)29;/h5-11,14,26,29-30H,12-13H2,1-4H3;1H/t23-;/m0./s1. The van der Waals surface area contributed by atoms with Gasteiger partial charge in [-0.25, -0.2) is 4.39 Å². The predicted molar refractivity (Wildman–Crippen MR) is 120 cm³/mol. The summed E-state index contributed by atoms with van der Waals surface area (Å²) < 4.78 is 21.0. The number of aromatic nitrogens is 3. The number of benzene rings is 1. The minimum absolute atomic E-state index is 0. The summed E-state index contributed by atoms with van der Waals surface area (Å²) in [5.74, 6) is 0.571. The van der Waals surface area contributed by atoms with E-state index in [2.05, 4.69) is 34.3 Å². The molecule has 7 nitrogen and oxygen atoms in total. The van der Waals surface area contributed by atoms with Crippen LogP contribution in [-0.4, -0.2) is 44.1 Å². The number of nitrogens with zero attached hydrogens (tertiary/aromatic N) is 3. The van der Waals surface area contributed by atoms with Gasteiger partial charge < -0.3 is 20.1 Å².